The zero-order valence-corrected chi connectivity index (χ0v) is 21.5. The number of nitrogens with one attached hydrogen (secondary N) is 5. The van der Waals surface area contributed by atoms with E-state index in [9.17, 15) is 18.4 Å². The third-order valence-electron chi connectivity index (χ3n) is 4.56. The molecule has 0 aliphatic rings. The number of halogens is 2. The number of nitrogens with zero attached hydrogens (tertiary/aromatic N) is 2. The van der Waals surface area contributed by atoms with Gasteiger partial charge in [-0.3, -0.25) is 21.5 Å². The summed E-state index contributed by atoms with van der Waals surface area (Å²) < 4.78 is 27.3. The Kier molecular flexibility index (Phi) is 10.3. The van der Waals surface area contributed by atoms with E-state index in [1.54, 1.807) is 32.0 Å². The van der Waals surface area contributed by atoms with E-state index < -0.39 is 29.2 Å². The number of hydrogen-bond acceptors (Lipinski definition) is 4. The Balaban J connectivity index is 0.000000369. The number of anilines is 2. The number of hydrogen-bond donors (Lipinski definition) is 6. The van der Waals surface area contributed by atoms with Crippen LogP contribution >= 0.6 is 0 Å². The topological polar surface area (TPSA) is 150 Å². The molecule has 10 nitrogen and oxygen atoms in total. The Morgan fingerprint density at radius 1 is 0.833 bits per heavy atom. The van der Waals surface area contributed by atoms with Gasteiger partial charge in [-0.2, -0.15) is 0 Å². The first-order chi connectivity index (χ1) is 16.5. The molecule has 0 bridgehead atoms. The molecule has 0 spiro atoms. The predicted molar refractivity (Wildman–Crippen MR) is 139 cm³/mol. The summed E-state index contributed by atoms with van der Waals surface area (Å²) in [5.41, 5.74) is 6.46. The normalized spacial score (nSPS) is 10.4. The molecule has 0 aromatic heterocycles. The second kappa shape index (κ2) is 12.5. The zero-order chi connectivity index (χ0) is 27.8. The summed E-state index contributed by atoms with van der Waals surface area (Å²) in [6.07, 6.45) is 0. The van der Waals surface area contributed by atoms with Crippen molar-refractivity contribution in [3.63, 3.8) is 0 Å². The fourth-order valence-corrected chi connectivity index (χ4v) is 2.77. The van der Waals surface area contributed by atoms with Gasteiger partial charge in [-0.25, -0.2) is 18.4 Å². The molecule has 196 valence electrons. The molecule has 0 heterocycles. The van der Waals surface area contributed by atoms with Gasteiger partial charge in [-0.15, -0.1) is 0 Å². The molecule has 0 fully saturated rings. The molecule has 0 radical (unpaired) electrons. The van der Waals surface area contributed by atoms with Crippen molar-refractivity contribution >= 4 is 35.4 Å². The molecule has 7 N–H and O–H groups in total. The second-order valence-corrected chi connectivity index (χ2v) is 9.04. The minimum absolute atomic E-state index is 0.198. The first kappa shape index (κ1) is 29.8. The highest BCUT2D eigenvalue weighted by atomic mass is 19.1. The minimum Gasteiger partial charge on any atom is -0.351 e. The van der Waals surface area contributed by atoms with Gasteiger partial charge in [0.2, 0.25) is 11.9 Å². The number of benzene rings is 2. The van der Waals surface area contributed by atoms with Crippen LogP contribution in [0.4, 0.5) is 29.7 Å². The maximum atomic E-state index is 13.8. The van der Waals surface area contributed by atoms with Crippen LogP contribution in [0.3, 0.4) is 0 Å². The molecule has 0 aliphatic carbocycles. The van der Waals surface area contributed by atoms with Crippen molar-refractivity contribution in [2.45, 2.75) is 40.2 Å². The van der Waals surface area contributed by atoms with Crippen LogP contribution in [0, 0.1) is 36.3 Å². The highest BCUT2D eigenvalue weighted by molar-refractivity contribution is 6.03. The molecule has 4 amide bonds. The average Bonchev–Trinajstić information content (AvgIpc) is 2.71. The van der Waals surface area contributed by atoms with Crippen LogP contribution in [0.2, 0.25) is 0 Å². The highest BCUT2D eigenvalue weighted by Gasteiger charge is 2.18. The molecular weight excluding hydrogens is 470 g/mol. The molecule has 36 heavy (non-hydrogen) atoms. The lowest BCUT2D eigenvalue weighted by Gasteiger charge is -2.24. The minimum atomic E-state index is -0.857. The first-order valence-electron chi connectivity index (χ1n) is 10.8. The van der Waals surface area contributed by atoms with Crippen molar-refractivity contribution in [1.29, 1.82) is 10.8 Å². The number of aryl methyl sites for hydroxylation is 2. The van der Waals surface area contributed by atoms with Gasteiger partial charge in [0, 0.05) is 19.6 Å². The Morgan fingerprint density at radius 2 is 1.22 bits per heavy atom. The van der Waals surface area contributed by atoms with Gasteiger partial charge in [-0.05, 0) is 70.0 Å². The number of guanidine groups is 2. The number of carbonyl (C=O) groups is 2. The molecule has 0 saturated heterocycles. The number of rotatable bonds is 2. The van der Waals surface area contributed by atoms with Crippen LogP contribution in [0.5, 0.6) is 0 Å². The van der Waals surface area contributed by atoms with E-state index in [0.717, 1.165) is 11.1 Å². The average molecular weight is 505 g/mol. The summed E-state index contributed by atoms with van der Waals surface area (Å²) in [7, 11) is 2.99. The maximum absolute atomic E-state index is 13.8. The van der Waals surface area contributed by atoms with Gasteiger partial charge in [-0.1, -0.05) is 12.1 Å². The SMILES string of the molecule is Cc1ccc(N(C)C(=N)NC(=O)NC(C)(C)C)c(F)c1.Cc1ccc(N(C)C(=N)NC(N)=O)c(F)c1. The van der Waals surface area contributed by atoms with Gasteiger partial charge in [0.15, 0.2) is 0 Å². The quantitative estimate of drug-likeness (QED) is 0.272. The third kappa shape index (κ3) is 9.57. The van der Waals surface area contributed by atoms with E-state index in [-0.39, 0.29) is 23.3 Å². The van der Waals surface area contributed by atoms with Crippen molar-refractivity contribution < 1.29 is 18.4 Å². The monoisotopic (exact) mass is 504 g/mol. The number of primary amides is 1. The van der Waals surface area contributed by atoms with Gasteiger partial charge in [0.25, 0.3) is 0 Å². The summed E-state index contributed by atoms with van der Waals surface area (Å²) in [4.78, 5) is 24.7. The van der Waals surface area contributed by atoms with Gasteiger partial charge in [0.05, 0.1) is 11.4 Å². The Hall–Kier alpha value is -4.22. The molecule has 12 heteroatoms. The molecule has 2 aromatic rings. The Morgan fingerprint density at radius 3 is 1.56 bits per heavy atom. The lowest BCUT2D eigenvalue weighted by molar-refractivity contribution is 0.236. The standard InChI is InChI=1S/C14H21FN4O.C10H13FN4O/c1-9-6-7-11(10(15)8-9)19(5)12(16)17-13(20)18-14(2,3)4;1-6-3-4-8(7(11)5-6)15(2)9(12)14-10(13)16/h6-8H,1-5H3,(H3,16,17,18,20);3-5H,1-2H3,(H4,12,13,14,16). The fourth-order valence-electron chi connectivity index (χ4n) is 2.77. The number of nitrogens with two attached hydrogens (primary N) is 1. The molecule has 2 aromatic carbocycles. The predicted octanol–water partition coefficient (Wildman–Crippen LogP) is 3.78. The largest absolute Gasteiger partial charge is 0.351 e. The third-order valence-corrected chi connectivity index (χ3v) is 4.56. The van der Waals surface area contributed by atoms with Crippen LogP contribution in [-0.2, 0) is 0 Å². The Labute approximate surface area is 209 Å². The van der Waals surface area contributed by atoms with Gasteiger partial charge in [0.1, 0.15) is 11.6 Å². The summed E-state index contributed by atoms with van der Waals surface area (Å²) in [6, 6.07) is 7.94. The van der Waals surface area contributed by atoms with Crippen LogP contribution in [-0.4, -0.2) is 43.6 Å². The zero-order valence-electron chi connectivity index (χ0n) is 21.5. The molecule has 0 aliphatic heterocycles. The van der Waals surface area contributed by atoms with Crippen molar-refractivity contribution in [3.8, 4) is 0 Å². The summed E-state index contributed by atoms with van der Waals surface area (Å²) in [6.45, 7) is 9.05. The van der Waals surface area contributed by atoms with E-state index >= 15 is 0 Å². The van der Waals surface area contributed by atoms with Gasteiger partial charge >= 0.3 is 12.1 Å². The van der Waals surface area contributed by atoms with Crippen LogP contribution in [0.1, 0.15) is 31.9 Å². The van der Waals surface area contributed by atoms with Gasteiger partial charge < -0.3 is 20.9 Å². The van der Waals surface area contributed by atoms with Crippen LogP contribution < -0.4 is 31.5 Å². The fraction of sp³-hybridized carbons (Fsp3) is 0.333. The van der Waals surface area contributed by atoms with Crippen molar-refractivity contribution in [1.82, 2.24) is 16.0 Å². The number of urea groups is 2. The van der Waals surface area contributed by atoms with E-state index in [1.165, 1.54) is 42.1 Å². The summed E-state index contributed by atoms with van der Waals surface area (Å²) in [5.74, 6) is -1.38. The van der Waals surface area contributed by atoms with E-state index in [1.807, 2.05) is 20.8 Å². The van der Waals surface area contributed by atoms with E-state index in [4.69, 9.17) is 16.6 Å². The summed E-state index contributed by atoms with van der Waals surface area (Å²) >= 11 is 0. The van der Waals surface area contributed by atoms with Crippen molar-refractivity contribution in [3.05, 3.63) is 59.2 Å². The highest BCUT2D eigenvalue weighted by Crippen LogP contribution is 2.19. The smallest absolute Gasteiger partial charge is 0.321 e. The van der Waals surface area contributed by atoms with Crippen molar-refractivity contribution in [2.75, 3.05) is 23.9 Å². The lowest BCUT2D eigenvalue weighted by atomic mass is 10.1. The van der Waals surface area contributed by atoms with Crippen LogP contribution in [0.15, 0.2) is 36.4 Å². The first-order valence-corrected chi connectivity index (χ1v) is 10.8. The van der Waals surface area contributed by atoms with E-state index in [0.29, 0.717) is 0 Å². The molecule has 0 saturated carbocycles. The van der Waals surface area contributed by atoms with Crippen molar-refractivity contribution in [2.24, 2.45) is 5.73 Å². The van der Waals surface area contributed by atoms with Crippen LogP contribution in [0.25, 0.3) is 0 Å². The maximum Gasteiger partial charge on any atom is 0.321 e. The van der Waals surface area contributed by atoms with E-state index in [2.05, 4.69) is 16.0 Å². The summed E-state index contributed by atoms with van der Waals surface area (Å²) in [5, 5.41) is 22.4. The second-order valence-electron chi connectivity index (χ2n) is 9.04. The lowest BCUT2D eigenvalue weighted by Crippen LogP contribution is -2.51. The Bertz CT molecular complexity index is 1130. The number of carbonyl (C=O) groups excluding carboxylic acids is 2. The number of amides is 4. The molecule has 0 atom stereocenters. The molecular formula is C24H34F2N8O2. The molecule has 2 rings (SSSR count). The molecule has 0 unspecified atom stereocenters.